The first kappa shape index (κ1) is 25.9. The molecular formula is C26H26Cl2N2O3S. The number of carbonyl (C=O) groups excluding carboxylic acids is 1. The maximum Gasteiger partial charge on any atom is 0.253 e. The van der Waals surface area contributed by atoms with Crippen LogP contribution in [0.1, 0.15) is 30.5 Å². The maximum atomic E-state index is 12.4. The van der Waals surface area contributed by atoms with Crippen molar-refractivity contribution in [2.45, 2.75) is 37.5 Å². The molecule has 0 aliphatic carbocycles. The Morgan fingerprint density at radius 2 is 1.82 bits per heavy atom. The van der Waals surface area contributed by atoms with Gasteiger partial charge in [0.15, 0.2) is 11.5 Å². The van der Waals surface area contributed by atoms with E-state index in [2.05, 4.69) is 10.5 Å². The van der Waals surface area contributed by atoms with Gasteiger partial charge in [0.1, 0.15) is 6.61 Å². The summed E-state index contributed by atoms with van der Waals surface area (Å²) in [6.45, 7) is 6.53. The van der Waals surface area contributed by atoms with Gasteiger partial charge in [-0.3, -0.25) is 4.79 Å². The van der Waals surface area contributed by atoms with E-state index < -0.39 is 0 Å². The van der Waals surface area contributed by atoms with Crippen LogP contribution in [0.15, 0.2) is 70.7 Å². The molecule has 0 fully saturated rings. The van der Waals surface area contributed by atoms with Gasteiger partial charge in [-0.2, -0.15) is 5.10 Å². The Hall–Kier alpha value is -2.67. The van der Waals surface area contributed by atoms with E-state index in [0.717, 1.165) is 16.0 Å². The Balaban J connectivity index is 1.60. The van der Waals surface area contributed by atoms with Gasteiger partial charge >= 0.3 is 0 Å². The highest BCUT2D eigenvalue weighted by molar-refractivity contribution is 8.00. The molecule has 8 heteroatoms. The van der Waals surface area contributed by atoms with Crippen molar-refractivity contribution in [1.29, 1.82) is 0 Å². The second-order valence-electron chi connectivity index (χ2n) is 7.47. The monoisotopic (exact) mass is 516 g/mol. The summed E-state index contributed by atoms with van der Waals surface area (Å²) in [5.41, 5.74) is 5.36. The second kappa shape index (κ2) is 12.7. The van der Waals surface area contributed by atoms with Gasteiger partial charge in [0.25, 0.3) is 5.91 Å². The highest BCUT2D eigenvalue weighted by Crippen LogP contribution is 2.30. The number of hydrogen-bond donors (Lipinski definition) is 1. The second-order valence-corrected chi connectivity index (χ2v) is 9.73. The number of nitrogens with one attached hydrogen (secondary N) is 1. The quantitative estimate of drug-likeness (QED) is 0.180. The standard InChI is InChI=1S/C26H26Cl2N2O3S/c1-4-32-25-13-19(7-12-24(25)33-16-20-8-9-21(27)14-23(20)28)15-29-30-26(31)18(3)34-22-10-5-17(2)6-11-22/h5-15,18H,4,16H2,1-3H3,(H,30,31)/b29-15-/t18-/m0/s1. The number of thioether (sulfide) groups is 1. The van der Waals surface area contributed by atoms with E-state index in [-0.39, 0.29) is 17.8 Å². The van der Waals surface area contributed by atoms with Gasteiger partial charge in [-0.05, 0) is 68.8 Å². The Morgan fingerprint density at radius 3 is 2.53 bits per heavy atom. The molecule has 3 rings (SSSR count). The number of carbonyl (C=O) groups is 1. The van der Waals surface area contributed by atoms with Crippen LogP contribution >= 0.6 is 35.0 Å². The fourth-order valence-electron chi connectivity index (χ4n) is 2.92. The molecule has 0 radical (unpaired) electrons. The average molecular weight is 517 g/mol. The van der Waals surface area contributed by atoms with Crippen molar-refractivity contribution in [3.05, 3.63) is 87.4 Å². The molecule has 3 aromatic rings. The summed E-state index contributed by atoms with van der Waals surface area (Å²) in [6.07, 6.45) is 1.57. The molecule has 178 valence electrons. The number of aryl methyl sites for hydroxylation is 1. The van der Waals surface area contributed by atoms with Gasteiger partial charge < -0.3 is 9.47 Å². The lowest BCUT2D eigenvalue weighted by atomic mass is 10.2. The van der Waals surface area contributed by atoms with Crippen LogP contribution < -0.4 is 14.9 Å². The smallest absolute Gasteiger partial charge is 0.253 e. The Labute approximate surface area is 214 Å². The van der Waals surface area contributed by atoms with Crippen LogP contribution in [0.5, 0.6) is 11.5 Å². The number of rotatable bonds is 10. The number of amides is 1. The number of halogens is 2. The van der Waals surface area contributed by atoms with E-state index in [1.54, 1.807) is 24.4 Å². The van der Waals surface area contributed by atoms with E-state index in [1.807, 2.05) is 63.2 Å². The third-order valence-corrected chi connectivity index (χ3v) is 6.46. The molecule has 1 amide bonds. The fraction of sp³-hybridized carbons (Fsp3) is 0.231. The van der Waals surface area contributed by atoms with Crippen molar-refractivity contribution < 1.29 is 14.3 Å². The SMILES string of the molecule is CCOc1cc(/C=N\NC(=O)[C@H](C)Sc2ccc(C)cc2)ccc1OCc1ccc(Cl)cc1Cl. The molecule has 34 heavy (non-hydrogen) atoms. The van der Waals surface area contributed by atoms with E-state index in [1.165, 1.54) is 17.3 Å². The number of nitrogens with zero attached hydrogens (tertiary/aromatic N) is 1. The summed E-state index contributed by atoms with van der Waals surface area (Å²) in [7, 11) is 0. The van der Waals surface area contributed by atoms with Gasteiger partial charge in [-0.15, -0.1) is 11.8 Å². The minimum Gasteiger partial charge on any atom is -0.490 e. The number of ether oxygens (including phenoxy) is 2. The van der Waals surface area contributed by atoms with Crippen molar-refractivity contribution in [3.8, 4) is 11.5 Å². The van der Waals surface area contributed by atoms with E-state index in [9.17, 15) is 4.79 Å². The molecule has 0 aliphatic rings. The van der Waals surface area contributed by atoms with Crippen LogP contribution in [0.25, 0.3) is 0 Å². The van der Waals surface area contributed by atoms with Crippen molar-refractivity contribution in [3.63, 3.8) is 0 Å². The maximum absolute atomic E-state index is 12.4. The van der Waals surface area contributed by atoms with Crippen LogP contribution in [0.3, 0.4) is 0 Å². The van der Waals surface area contributed by atoms with Gasteiger partial charge in [-0.25, -0.2) is 5.43 Å². The molecule has 0 bridgehead atoms. The van der Waals surface area contributed by atoms with Crippen molar-refractivity contribution in [2.75, 3.05) is 6.61 Å². The molecule has 3 aromatic carbocycles. The molecular weight excluding hydrogens is 491 g/mol. The van der Waals surface area contributed by atoms with Crippen LogP contribution in [-0.2, 0) is 11.4 Å². The zero-order chi connectivity index (χ0) is 24.5. The summed E-state index contributed by atoms with van der Waals surface area (Å²) in [5.74, 6) is 0.981. The van der Waals surface area contributed by atoms with Crippen molar-refractivity contribution in [1.82, 2.24) is 5.43 Å². The fourth-order valence-corrected chi connectivity index (χ4v) is 4.25. The molecule has 0 spiro atoms. The molecule has 1 atom stereocenters. The predicted molar refractivity (Wildman–Crippen MR) is 141 cm³/mol. The molecule has 0 heterocycles. The van der Waals surface area contributed by atoms with Gasteiger partial charge in [-0.1, -0.05) is 47.0 Å². The summed E-state index contributed by atoms with van der Waals surface area (Å²) in [6, 6.07) is 18.8. The summed E-state index contributed by atoms with van der Waals surface area (Å²) >= 11 is 13.7. The largest absolute Gasteiger partial charge is 0.490 e. The third-order valence-electron chi connectivity index (χ3n) is 4.76. The Morgan fingerprint density at radius 1 is 1.06 bits per heavy atom. The van der Waals surface area contributed by atoms with Gasteiger partial charge in [0, 0.05) is 20.5 Å². The van der Waals surface area contributed by atoms with Crippen molar-refractivity contribution in [2.24, 2.45) is 5.10 Å². The first-order valence-electron chi connectivity index (χ1n) is 10.8. The number of hydrazone groups is 1. The van der Waals surface area contributed by atoms with Crippen LogP contribution in [0.2, 0.25) is 10.0 Å². The predicted octanol–water partition coefficient (Wildman–Crippen LogP) is 6.91. The Kier molecular flexibility index (Phi) is 9.69. The highest BCUT2D eigenvalue weighted by Gasteiger charge is 2.14. The summed E-state index contributed by atoms with van der Waals surface area (Å²) in [4.78, 5) is 13.4. The molecule has 0 aromatic heterocycles. The average Bonchev–Trinajstić information content (AvgIpc) is 2.81. The first-order valence-corrected chi connectivity index (χ1v) is 12.4. The highest BCUT2D eigenvalue weighted by atomic mass is 35.5. The van der Waals surface area contributed by atoms with Crippen LogP contribution in [-0.4, -0.2) is 24.0 Å². The van der Waals surface area contributed by atoms with Crippen LogP contribution in [0, 0.1) is 6.92 Å². The Bertz CT molecular complexity index is 1150. The summed E-state index contributed by atoms with van der Waals surface area (Å²) in [5, 5.41) is 4.93. The normalized spacial score (nSPS) is 11.9. The molecule has 1 N–H and O–H groups in total. The molecule has 5 nitrogen and oxygen atoms in total. The molecule has 0 saturated carbocycles. The molecule has 0 saturated heterocycles. The zero-order valence-corrected chi connectivity index (χ0v) is 21.5. The van der Waals surface area contributed by atoms with Gasteiger partial charge in [0.2, 0.25) is 0 Å². The van der Waals surface area contributed by atoms with Crippen molar-refractivity contribution >= 4 is 47.1 Å². The topological polar surface area (TPSA) is 59.9 Å². The zero-order valence-electron chi connectivity index (χ0n) is 19.2. The van der Waals surface area contributed by atoms with E-state index in [0.29, 0.717) is 28.2 Å². The minimum absolute atomic E-state index is 0.174. The summed E-state index contributed by atoms with van der Waals surface area (Å²) < 4.78 is 11.6. The number of hydrogen-bond acceptors (Lipinski definition) is 5. The minimum atomic E-state index is -0.283. The van der Waals surface area contributed by atoms with E-state index >= 15 is 0 Å². The third kappa shape index (κ3) is 7.69. The lowest BCUT2D eigenvalue weighted by Gasteiger charge is -2.13. The molecule has 0 unspecified atom stereocenters. The lowest BCUT2D eigenvalue weighted by molar-refractivity contribution is -0.120. The van der Waals surface area contributed by atoms with Gasteiger partial charge in [0.05, 0.1) is 18.1 Å². The van der Waals surface area contributed by atoms with Crippen LogP contribution in [0.4, 0.5) is 0 Å². The molecule has 0 aliphatic heterocycles. The van der Waals surface area contributed by atoms with E-state index in [4.69, 9.17) is 32.7 Å². The first-order chi connectivity index (χ1) is 16.4. The lowest BCUT2D eigenvalue weighted by Crippen LogP contribution is -2.26. The number of benzene rings is 3.